The average Bonchev–Trinajstić information content (AvgIpc) is 1.54. The number of rotatable bonds is 0. The minimum Gasteiger partial charge on any atom is -0.550 e. The maximum atomic E-state index is 8.89. The van der Waals surface area contributed by atoms with Gasteiger partial charge in [-0.2, -0.15) is 0 Å². The molecule has 0 rings (SSSR count). The summed E-state index contributed by atoms with van der Waals surface area (Å²) in [7, 11) is 0. The van der Waals surface area contributed by atoms with E-state index < -0.39 is 11.9 Å². The molecule has 5 nitrogen and oxygen atoms in total. The van der Waals surface area contributed by atoms with Crippen LogP contribution in [0.2, 0.25) is 0 Å². The zero-order valence-corrected chi connectivity index (χ0v) is 10.6. The number of hydrogen-bond donors (Lipinski definition) is 1. The molecule has 0 aromatic heterocycles. The quantitative estimate of drug-likeness (QED) is 0.454. The maximum Gasteiger partial charge on any atom is 2.00 e. The first kappa shape index (κ1) is 23.2. The third-order valence-electron chi connectivity index (χ3n) is 0. The Morgan fingerprint density at radius 3 is 1.08 bits per heavy atom. The molecule has 0 bridgehead atoms. The third kappa shape index (κ3) is 49200. The van der Waals surface area contributed by atoms with Crippen LogP contribution in [-0.2, 0) is 9.59 Å². The van der Waals surface area contributed by atoms with Crippen LogP contribution in [0.4, 0.5) is 0 Å². The first-order chi connectivity index (χ1) is 5.20. The zero-order valence-electron chi connectivity index (χ0n) is 8.36. The molecule has 0 radical (unpaired) electrons. The van der Waals surface area contributed by atoms with Crippen molar-refractivity contribution in [2.75, 3.05) is 0 Å². The van der Waals surface area contributed by atoms with Gasteiger partial charge in [-0.25, -0.2) is 0 Å². The average molecular weight is 218 g/mol. The molecule has 0 saturated heterocycles. The summed E-state index contributed by atoms with van der Waals surface area (Å²) in [6.45, 7) is 5.39. The molecular weight excluding hydrogens is 204 g/mol. The number of carboxylic acid groups (broad SMARTS) is 2. The second-order valence-electron chi connectivity index (χ2n) is 2.08. The van der Waals surface area contributed by atoms with E-state index in [1.165, 1.54) is 0 Å². The number of carboxylic acids is 2. The predicted octanol–water partition coefficient (Wildman–Crippen LogP) is -2.48. The Labute approximate surface area is 108 Å². The third-order valence-corrected chi connectivity index (χ3v) is 0. The summed E-state index contributed by atoms with van der Waals surface area (Å²) in [5, 5.41) is 25.8. The minimum atomic E-state index is -1.08. The Morgan fingerprint density at radius 2 is 1.08 bits per heavy atom. The molecular formula is C7H14CaO5. The van der Waals surface area contributed by atoms with E-state index >= 15 is 0 Å². The van der Waals surface area contributed by atoms with Gasteiger partial charge in [0.15, 0.2) is 0 Å². The Morgan fingerprint density at radius 1 is 1.08 bits per heavy atom. The van der Waals surface area contributed by atoms with E-state index in [9.17, 15) is 0 Å². The number of hydrogen-bond acceptors (Lipinski definition) is 5. The van der Waals surface area contributed by atoms with E-state index in [4.69, 9.17) is 24.9 Å². The molecule has 1 N–H and O–H groups in total. The first-order valence-corrected chi connectivity index (χ1v) is 3.23. The molecule has 0 unspecified atom stereocenters. The van der Waals surface area contributed by atoms with Gasteiger partial charge in [-0.05, 0) is 27.7 Å². The number of carbonyl (C=O) groups excluding carboxylic acids is 2. The SMILES string of the molecule is CC(=O)[O-].CC(=O)[O-].CC(C)O.[Ca+2]. The molecule has 0 atom stereocenters. The van der Waals surface area contributed by atoms with Crippen molar-refractivity contribution in [2.45, 2.75) is 33.8 Å². The van der Waals surface area contributed by atoms with Gasteiger partial charge in [-0.1, -0.05) is 0 Å². The van der Waals surface area contributed by atoms with Crippen LogP contribution in [0.3, 0.4) is 0 Å². The largest absolute Gasteiger partial charge is 2.00 e. The standard InChI is InChI=1S/C3H8O.2C2H4O2.Ca/c1-3(2)4;2*1-2(3)4;/h3-4H,1-2H3;2*1H3,(H,3,4);/q;;;+2/p-2. The fourth-order valence-corrected chi connectivity index (χ4v) is 0. The summed E-state index contributed by atoms with van der Waals surface area (Å²) in [4.78, 5) is 17.8. The van der Waals surface area contributed by atoms with E-state index in [2.05, 4.69) is 0 Å². The number of aliphatic hydroxyl groups excluding tert-OH is 1. The number of carbonyl (C=O) groups is 2. The summed E-state index contributed by atoms with van der Waals surface area (Å²) in [5.41, 5.74) is 0. The fraction of sp³-hybridized carbons (Fsp3) is 0.714. The van der Waals surface area contributed by atoms with E-state index in [1.54, 1.807) is 13.8 Å². The molecule has 0 aliphatic heterocycles. The van der Waals surface area contributed by atoms with Crippen LogP contribution in [0.5, 0.6) is 0 Å². The van der Waals surface area contributed by atoms with Gasteiger partial charge in [0.05, 0.1) is 0 Å². The smallest absolute Gasteiger partial charge is 0.550 e. The minimum absolute atomic E-state index is 0. The topological polar surface area (TPSA) is 100 Å². The molecule has 0 aliphatic rings. The molecule has 0 heterocycles. The number of aliphatic carboxylic acids is 2. The van der Waals surface area contributed by atoms with E-state index in [1.807, 2.05) is 0 Å². The Hall–Kier alpha value is 0.160. The second kappa shape index (κ2) is 18.0. The Balaban J connectivity index is -0.0000000450. The molecule has 74 valence electrons. The Bertz CT molecular complexity index is 101. The van der Waals surface area contributed by atoms with Crippen LogP contribution in [-0.4, -0.2) is 60.9 Å². The first-order valence-electron chi connectivity index (χ1n) is 3.23. The van der Waals surface area contributed by atoms with Crippen LogP contribution in [0.15, 0.2) is 0 Å². The van der Waals surface area contributed by atoms with Crippen molar-refractivity contribution in [1.82, 2.24) is 0 Å². The summed E-state index contributed by atoms with van der Waals surface area (Å²) < 4.78 is 0. The van der Waals surface area contributed by atoms with Crippen molar-refractivity contribution >= 4 is 49.7 Å². The monoisotopic (exact) mass is 218 g/mol. The van der Waals surface area contributed by atoms with Gasteiger partial charge < -0.3 is 24.9 Å². The molecule has 0 spiro atoms. The van der Waals surface area contributed by atoms with Crippen LogP contribution in [0.25, 0.3) is 0 Å². The van der Waals surface area contributed by atoms with Crippen LogP contribution in [0, 0.1) is 0 Å². The van der Waals surface area contributed by atoms with Crippen LogP contribution >= 0.6 is 0 Å². The molecule has 13 heavy (non-hydrogen) atoms. The van der Waals surface area contributed by atoms with Crippen molar-refractivity contribution in [3.8, 4) is 0 Å². The summed E-state index contributed by atoms with van der Waals surface area (Å²) >= 11 is 0. The van der Waals surface area contributed by atoms with Gasteiger partial charge in [-0.3, -0.25) is 0 Å². The fourth-order valence-electron chi connectivity index (χ4n) is 0. The normalized spacial score (nSPS) is 6.62. The van der Waals surface area contributed by atoms with Gasteiger partial charge in [0.1, 0.15) is 0 Å². The van der Waals surface area contributed by atoms with Crippen LogP contribution in [0.1, 0.15) is 27.7 Å². The van der Waals surface area contributed by atoms with Gasteiger partial charge >= 0.3 is 37.7 Å². The summed E-state index contributed by atoms with van der Waals surface area (Å²) in [6.07, 6.45) is -0.167. The van der Waals surface area contributed by atoms with Crippen molar-refractivity contribution in [3.05, 3.63) is 0 Å². The van der Waals surface area contributed by atoms with Gasteiger partial charge in [0.2, 0.25) is 0 Å². The summed E-state index contributed by atoms with van der Waals surface area (Å²) in [6, 6.07) is 0. The molecule has 0 aromatic rings. The van der Waals surface area contributed by atoms with Gasteiger partial charge in [-0.15, -0.1) is 0 Å². The van der Waals surface area contributed by atoms with Crippen molar-refractivity contribution in [3.63, 3.8) is 0 Å². The molecule has 0 fully saturated rings. The van der Waals surface area contributed by atoms with Crippen molar-refractivity contribution in [2.24, 2.45) is 0 Å². The predicted molar refractivity (Wildman–Crippen MR) is 44.5 cm³/mol. The maximum absolute atomic E-state index is 8.89. The Kier molecular flexibility index (Phi) is 32.2. The number of aliphatic hydroxyl groups is 1. The van der Waals surface area contributed by atoms with Crippen molar-refractivity contribution in [1.29, 1.82) is 0 Å². The zero-order chi connectivity index (χ0) is 10.7. The van der Waals surface area contributed by atoms with E-state index in [0.29, 0.717) is 0 Å². The van der Waals surface area contributed by atoms with Crippen LogP contribution < -0.4 is 10.2 Å². The van der Waals surface area contributed by atoms with Gasteiger partial charge in [0.25, 0.3) is 0 Å². The summed E-state index contributed by atoms with van der Waals surface area (Å²) in [5.74, 6) is -2.17. The second-order valence-corrected chi connectivity index (χ2v) is 2.08. The molecule has 0 amide bonds. The molecule has 6 heteroatoms. The van der Waals surface area contributed by atoms with Gasteiger partial charge in [0, 0.05) is 18.0 Å². The molecule has 0 saturated carbocycles. The van der Waals surface area contributed by atoms with Crippen molar-refractivity contribution < 1.29 is 24.9 Å². The molecule has 0 aliphatic carbocycles. The van der Waals surface area contributed by atoms with E-state index in [-0.39, 0.29) is 43.8 Å². The molecule has 0 aromatic carbocycles. The van der Waals surface area contributed by atoms with E-state index in [0.717, 1.165) is 13.8 Å².